The number of nitrogens with zero attached hydrogens (tertiary/aromatic N) is 2. The second-order valence-corrected chi connectivity index (χ2v) is 6.95. The molecule has 0 aliphatic carbocycles. The minimum atomic E-state index is -0.224. The molecule has 2 amide bonds. The Hall–Kier alpha value is -3.60. The van der Waals surface area contributed by atoms with E-state index in [0.29, 0.717) is 24.2 Å². The van der Waals surface area contributed by atoms with Crippen LogP contribution in [-0.2, 0) is 0 Å². The van der Waals surface area contributed by atoms with E-state index in [1.165, 1.54) is 4.90 Å². The summed E-state index contributed by atoms with van der Waals surface area (Å²) in [4.78, 5) is 29.1. The van der Waals surface area contributed by atoms with Crippen molar-refractivity contribution in [1.82, 2.24) is 4.90 Å². The predicted molar refractivity (Wildman–Crippen MR) is 107 cm³/mol. The highest BCUT2D eigenvalue weighted by atomic mass is 16.5. The monoisotopic (exact) mass is 370 g/mol. The van der Waals surface area contributed by atoms with Gasteiger partial charge in [-0.05, 0) is 42.8 Å². The van der Waals surface area contributed by atoms with Crippen molar-refractivity contribution >= 4 is 23.2 Å². The number of carbonyl (C=O) groups is 2. The number of para-hydroxylation sites is 4. The number of amides is 2. The average molecular weight is 370 g/mol. The number of benzene rings is 3. The van der Waals surface area contributed by atoms with Crippen molar-refractivity contribution in [2.24, 2.45) is 0 Å². The zero-order valence-corrected chi connectivity index (χ0v) is 15.4. The van der Waals surface area contributed by atoms with Crippen LogP contribution in [-0.4, -0.2) is 29.8 Å². The summed E-state index contributed by atoms with van der Waals surface area (Å²) in [7, 11) is 0. The smallest absolute Gasteiger partial charge is 0.261 e. The normalized spacial score (nSPS) is 14.5. The Morgan fingerprint density at radius 1 is 0.714 bits per heavy atom. The highest BCUT2D eigenvalue weighted by Gasteiger charge is 2.37. The van der Waals surface area contributed by atoms with Gasteiger partial charge in [-0.15, -0.1) is 0 Å². The summed E-state index contributed by atoms with van der Waals surface area (Å²) in [5.41, 5.74) is 3.70. The van der Waals surface area contributed by atoms with Crippen LogP contribution in [0.15, 0.2) is 66.7 Å². The molecule has 5 nitrogen and oxygen atoms in total. The second-order valence-electron chi connectivity index (χ2n) is 6.95. The number of rotatable bonds is 3. The SMILES string of the molecule is Cc1cccc2c1C(=O)N(CCN1c3ccccc3Oc3ccccc31)C2=O. The summed E-state index contributed by atoms with van der Waals surface area (Å²) in [5, 5.41) is 0. The fourth-order valence-electron chi connectivity index (χ4n) is 3.93. The van der Waals surface area contributed by atoms with E-state index in [2.05, 4.69) is 4.90 Å². The number of aryl methyl sites for hydroxylation is 1. The van der Waals surface area contributed by atoms with Gasteiger partial charge >= 0.3 is 0 Å². The van der Waals surface area contributed by atoms with E-state index in [-0.39, 0.29) is 11.8 Å². The van der Waals surface area contributed by atoms with Crippen molar-refractivity contribution in [3.05, 3.63) is 83.4 Å². The maximum atomic E-state index is 12.9. The quantitative estimate of drug-likeness (QED) is 0.636. The molecule has 0 radical (unpaired) electrons. The molecule has 0 bridgehead atoms. The zero-order chi connectivity index (χ0) is 19.3. The molecule has 2 heterocycles. The lowest BCUT2D eigenvalue weighted by atomic mass is 10.0. The molecular formula is C23H18N2O3. The molecule has 28 heavy (non-hydrogen) atoms. The van der Waals surface area contributed by atoms with Crippen molar-refractivity contribution in [2.45, 2.75) is 6.92 Å². The van der Waals surface area contributed by atoms with E-state index < -0.39 is 0 Å². The highest BCUT2D eigenvalue weighted by Crippen LogP contribution is 2.46. The first kappa shape index (κ1) is 16.6. The maximum absolute atomic E-state index is 12.9. The Kier molecular flexibility index (Phi) is 3.69. The number of hydrogen-bond donors (Lipinski definition) is 0. The van der Waals surface area contributed by atoms with Gasteiger partial charge in [-0.1, -0.05) is 36.4 Å². The van der Waals surface area contributed by atoms with Gasteiger partial charge in [0.25, 0.3) is 11.8 Å². The van der Waals surface area contributed by atoms with Crippen LogP contribution in [0.25, 0.3) is 0 Å². The first-order valence-corrected chi connectivity index (χ1v) is 9.24. The van der Waals surface area contributed by atoms with E-state index in [9.17, 15) is 9.59 Å². The zero-order valence-electron chi connectivity index (χ0n) is 15.4. The predicted octanol–water partition coefficient (Wildman–Crippen LogP) is 4.54. The lowest BCUT2D eigenvalue weighted by Gasteiger charge is -2.33. The van der Waals surface area contributed by atoms with E-state index >= 15 is 0 Å². The first-order chi connectivity index (χ1) is 13.6. The van der Waals surface area contributed by atoms with Crippen molar-refractivity contribution < 1.29 is 14.3 Å². The fraction of sp³-hybridized carbons (Fsp3) is 0.130. The first-order valence-electron chi connectivity index (χ1n) is 9.24. The Morgan fingerprint density at radius 3 is 1.96 bits per heavy atom. The molecule has 0 fully saturated rings. The molecule has 0 saturated carbocycles. The third-order valence-electron chi connectivity index (χ3n) is 5.29. The van der Waals surface area contributed by atoms with E-state index in [1.807, 2.05) is 67.6 Å². The van der Waals surface area contributed by atoms with Crippen molar-refractivity contribution in [3.8, 4) is 11.5 Å². The molecule has 0 N–H and O–H groups in total. The van der Waals surface area contributed by atoms with Crippen molar-refractivity contribution in [1.29, 1.82) is 0 Å². The molecule has 3 aromatic carbocycles. The van der Waals surface area contributed by atoms with Crippen LogP contribution in [0.1, 0.15) is 26.3 Å². The molecule has 0 aromatic heterocycles. The molecule has 0 atom stereocenters. The van der Waals surface area contributed by atoms with Crippen LogP contribution >= 0.6 is 0 Å². The van der Waals surface area contributed by atoms with Crippen LogP contribution in [0.4, 0.5) is 11.4 Å². The second kappa shape index (κ2) is 6.23. The van der Waals surface area contributed by atoms with Crippen LogP contribution in [0, 0.1) is 6.92 Å². The molecular weight excluding hydrogens is 352 g/mol. The summed E-state index contributed by atoms with van der Waals surface area (Å²) in [5.74, 6) is 1.09. The van der Waals surface area contributed by atoms with Crippen molar-refractivity contribution in [3.63, 3.8) is 0 Å². The van der Waals surface area contributed by atoms with E-state index in [0.717, 1.165) is 28.4 Å². The molecule has 0 spiro atoms. The van der Waals surface area contributed by atoms with Gasteiger partial charge < -0.3 is 9.64 Å². The number of fused-ring (bicyclic) bond motifs is 3. The minimum Gasteiger partial charge on any atom is -0.453 e. The maximum Gasteiger partial charge on any atom is 0.261 e. The Bertz CT molecular complexity index is 1080. The van der Waals surface area contributed by atoms with Gasteiger partial charge in [0, 0.05) is 13.1 Å². The molecule has 3 aromatic rings. The highest BCUT2D eigenvalue weighted by molar-refractivity contribution is 6.22. The van der Waals surface area contributed by atoms with Gasteiger partial charge in [0.15, 0.2) is 11.5 Å². The van der Waals surface area contributed by atoms with Gasteiger partial charge in [-0.3, -0.25) is 14.5 Å². The number of imide groups is 1. The number of carbonyl (C=O) groups excluding carboxylic acids is 2. The lowest BCUT2D eigenvalue weighted by Crippen LogP contribution is -2.37. The Balaban J connectivity index is 1.46. The van der Waals surface area contributed by atoms with Gasteiger partial charge in [-0.2, -0.15) is 0 Å². The number of ether oxygens (including phenoxy) is 1. The van der Waals surface area contributed by atoms with E-state index in [1.54, 1.807) is 6.07 Å². The van der Waals surface area contributed by atoms with Crippen LogP contribution < -0.4 is 9.64 Å². The van der Waals surface area contributed by atoms with Gasteiger partial charge in [0.05, 0.1) is 22.5 Å². The average Bonchev–Trinajstić information content (AvgIpc) is 2.96. The van der Waals surface area contributed by atoms with Crippen molar-refractivity contribution in [2.75, 3.05) is 18.0 Å². The number of hydrogen-bond acceptors (Lipinski definition) is 4. The fourth-order valence-corrected chi connectivity index (χ4v) is 3.93. The largest absolute Gasteiger partial charge is 0.453 e. The topological polar surface area (TPSA) is 49.9 Å². The molecule has 0 saturated heterocycles. The molecule has 138 valence electrons. The third-order valence-corrected chi connectivity index (χ3v) is 5.29. The molecule has 2 aliphatic heterocycles. The van der Waals surface area contributed by atoms with Crippen LogP contribution in [0.5, 0.6) is 11.5 Å². The molecule has 5 heteroatoms. The Morgan fingerprint density at radius 2 is 1.32 bits per heavy atom. The third kappa shape index (κ3) is 2.40. The summed E-state index contributed by atoms with van der Waals surface area (Å²) >= 11 is 0. The number of anilines is 2. The van der Waals surface area contributed by atoms with Crippen LogP contribution in [0.2, 0.25) is 0 Å². The minimum absolute atomic E-state index is 0.215. The van der Waals surface area contributed by atoms with Gasteiger partial charge in [0.1, 0.15) is 0 Å². The van der Waals surface area contributed by atoms with Crippen LogP contribution in [0.3, 0.4) is 0 Å². The van der Waals surface area contributed by atoms with E-state index in [4.69, 9.17) is 4.74 Å². The Labute approximate surface area is 162 Å². The molecule has 0 unspecified atom stereocenters. The summed E-state index contributed by atoms with van der Waals surface area (Å²) < 4.78 is 6.00. The summed E-state index contributed by atoms with van der Waals surface area (Å²) in [6.07, 6.45) is 0. The van der Waals surface area contributed by atoms with Gasteiger partial charge in [-0.25, -0.2) is 0 Å². The lowest BCUT2D eigenvalue weighted by molar-refractivity contribution is 0.0659. The summed E-state index contributed by atoms with van der Waals surface area (Å²) in [6, 6.07) is 21.0. The standard InChI is InChI=1S/C23H18N2O3/c1-15-7-6-8-16-21(15)23(27)25(22(16)26)14-13-24-17-9-2-4-11-19(17)28-20-12-5-3-10-18(20)24/h2-12H,13-14H2,1H3. The summed E-state index contributed by atoms with van der Waals surface area (Å²) in [6.45, 7) is 2.65. The molecule has 5 rings (SSSR count). The van der Waals surface area contributed by atoms with Gasteiger partial charge in [0.2, 0.25) is 0 Å². The molecule has 2 aliphatic rings.